The van der Waals surface area contributed by atoms with Crippen molar-refractivity contribution >= 4 is 11.6 Å². The normalized spacial score (nSPS) is 19.2. The fourth-order valence-corrected chi connectivity index (χ4v) is 3.06. The Balaban J connectivity index is 2.17. The fourth-order valence-electron chi connectivity index (χ4n) is 2.82. The zero-order valence-electron chi connectivity index (χ0n) is 10.0. The number of hydrogen-bond acceptors (Lipinski definition) is 1. The molecule has 0 unspecified atom stereocenters. The molecule has 0 saturated heterocycles. The quantitative estimate of drug-likeness (QED) is 0.870. The summed E-state index contributed by atoms with van der Waals surface area (Å²) in [6, 6.07) is 4.67. The zero-order chi connectivity index (χ0) is 12.3. The molecule has 2 N–H and O–H groups in total. The second-order valence-corrected chi connectivity index (χ2v) is 5.58. The minimum Gasteiger partial charge on any atom is -0.330 e. The van der Waals surface area contributed by atoms with Gasteiger partial charge in [0.1, 0.15) is 5.82 Å². The Morgan fingerprint density at radius 3 is 2.53 bits per heavy atom. The van der Waals surface area contributed by atoms with Crippen LogP contribution in [0.3, 0.4) is 0 Å². The monoisotopic (exact) mass is 255 g/mol. The number of halogens is 2. The number of nitrogens with two attached hydrogens (primary N) is 1. The molecule has 0 amide bonds. The van der Waals surface area contributed by atoms with E-state index in [1.54, 1.807) is 6.07 Å². The van der Waals surface area contributed by atoms with Crippen molar-refractivity contribution in [3.05, 3.63) is 34.6 Å². The second kappa shape index (κ2) is 5.36. The van der Waals surface area contributed by atoms with Gasteiger partial charge in [0.25, 0.3) is 0 Å². The molecule has 17 heavy (non-hydrogen) atoms. The van der Waals surface area contributed by atoms with Gasteiger partial charge in [0.2, 0.25) is 0 Å². The standard InChI is InChI=1S/C14H19ClFN/c15-13-8-12(16)5-4-11(13)9-14(10-17)6-2-1-3-7-14/h4-5,8H,1-3,6-7,9-10,17H2. The average Bonchev–Trinajstić information content (AvgIpc) is 2.34. The van der Waals surface area contributed by atoms with Crippen LogP contribution in [0.2, 0.25) is 5.02 Å². The summed E-state index contributed by atoms with van der Waals surface area (Å²) in [6.45, 7) is 0.695. The summed E-state index contributed by atoms with van der Waals surface area (Å²) in [4.78, 5) is 0. The molecule has 94 valence electrons. The number of rotatable bonds is 3. The van der Waals surface area contributed by atoms with Gasteiger partial charge in [0.05, 0.1) is 0 Å². The van der Waals surface area contributed by atoms with Gasteiger partial charge < -0.3 is 5.73 Å². The third kappa shape index (κ3) is 2.99. The van der Waals surface area contributed by atoms with Crippen LogP contribution in [0.15, 0.2) is 18.2 Å². The molecular weight excluding hydrogens is 237 g/mol. The van der Waals surface area contributed by atoms with Gasteiger partial charge in [-0.05, 0) is 48.9 Å². The molecule has 0 aliphatic heterocycles. The van der Waals surface area contributed by atoms with Crippen molar-refractivity contribution < 1.29 is 4.39 Å². The van der Waals surface area contributed by atoms with E-state index in [-0.39, 0.29) is 11.2 Å². The summed E-state index contributed by atoms with van der Waals surface area (Å²) in [5.74, 6) is -0.274. The Bertz CT molecular complexity index is 386. The lowest BCUT2D eigenvalue weighted by atomic mass is 9.70. The molecule has 1 aliphatic rings. The maximum absolute atomic E-state index is 13.0. The van der Waals surface area contributed by atoms with E-state index in [4.69, 9.17) is 17.3 Å². The molecule has 1 saturated carbocycles. The maximum Gasteiger partial charge on any atom is 0.124 e. The van der Waals surface area contributed by atoms with E-state index in [2.05, 4.69) is 0 Å². The van der Waals surface area contributed by atoms with Crippen LogP contribution in [0.4, 0.5) is 4.39 Å². The summed E-state index contributed by atoms with van der Waals surface area (Å²) < 4.78 is 13.0. The predicted octanol–water partition coefficient (Wildman–Crippen LogP) is 3.93. The van der Waals surface area contributed by atoms with Gasteiger partial charge in [-0.3, -0.25) is 0 Å². The summed E-state index contributed by atoms with van der Waals surface area (Å²) in [5.41, 5.74) is 7.16. The second-order valence-electron chi connectivity index (χ2n) is 5.18. The molecule has 1 fully saturated rings. The average molecular weight is 256 g/mol. The van der Waals surface area contributed by atoms with Crippen molar-refractivity contribution in [2.45, 2.75) is 38.5 Å². The van der Waals surface area contributed by atoms with Gasteiger partial charge in [-0.15, -0.1) is 0 Å². The van der Waals surface area contributed by atoms with E-state index in [1.165, 1.54) is 31.4 Å². The van der Waals surface area contributed by atoms with Crippen molar-refractivity contribution in [2.75, 3.05) is 6.54 Å². The van der Waals surface area contributed by atoms with Crippen LogP contribution < -0.4 is 5.73 Å². The Labute approximate surface area is 107 Å². The van der Waals surface area contributed by atoms with Gasteiger partial charge in [0.15, 0.2) is 0 Å². The first-order valence-corrected chi connectivity index (χ1v) is 6.67. The van der Waals surface area contributed by atoms with Gasteiger partial charge in [-0.1, -0.05) is 36.9 Å². The van der Waals surface area contributed by atoms with Crippen LogP contribution in [0.25, 0.3) is 0 Å². The van der Waals surface area contributed by atoms with Crippen molar-refractivity contribution in [3.8, 4) is 0 Å². The number of benzene rings is 1. The Kier molecular flexibility index (Phi) is 4.05. The highest BCUT2D eigenvalue weighted by Crippen LogP contribution is 2.39. The molecule has 0 radical (unpaired) electrons. The fraction of sp³-hybridized carbons (Fsp3) is 0.571. The summed E-state index contributed by atoms with van der Waals surface area (Å²) in [5, 5.41) is 0.531. The summed E-state index contributed by atoms with van der Waals surface area (Å²) in [6.07, 6.45) is 7.00. The van der Waals surface area contributed by atoms with E-state index in [0.717, 1.165) is 24.8 Å². The summed E-state index contributed by atoms with van der Waals surface area (Å²) >= 11 is 6.09. The van der Waals surface area contributed by atoms with Crippen LogP contribution in [0.1, 0.15) is 37.7 Å². The van der Waals surface area contributed by atoms with Gasteiger partial charge in [-0.25, -0.2) is 4.39 Å². The van der Waals surface area contributed by atoms with Crippen LogP contribution in [-0.2, 0) is 6.42 Å². The highest BCUT2D eigenvalue weighted by atomic mass is 35.5. The molecule has 1 aliphatic carbocycles. The first-order chi connectivity index (χ1) is 8.15. The topological polar surface area (TPSA) is 26.0 Å². The summed E-state index contributed by atoms with van der Waals surface area (Å²) in [7, 11) is 0. The molecular formula is C14H19ClFN. The van der Waals surface area contributed by atoms with Crippen LogP contribution in [0, 0.1) is 11.2 Å². The van der Waals surface area contributed by atoms with Gasteiger partial charge in [0, 0.05) is 5.02 Å². The molecule has 0 spiro atoms. The first-order valence-electron chi connectivity index (χ1n) is 6.29. The lowest BCUT2D eigenvalue weighted by Gasteiger charge is -2.36. The molecule has 0 bridgehead atoms. The third-order valence-electron chi connectivity index (χ3n) is 3.93. The Hall–Kier alpha value is -0.600. The van der Waals surface area contributed by atoms with Gasteiger partial charge in [-0.2, -0.15) is 0 Å². The smallest absolute Gasteiger partial charge is 0.124 e. The minimum atomic E-state index is -0.274. The largest absolute Gasteiger partial charge is 0.330 e. The van der Waals surface area contributed by atoms with E-state index in [9.17, 15) is 4.39 Å². The van der Waals surface area contributed by atoms with Crippen molar-refractivity contribution in [2.24, 2.45) is 11.1 Å². The lowest BCUT2D eigenvalue weighted by Crippen LogP contribution is -2.35. The van der Waals surface area contributed by atoms with E-state index in [1.807, 2.05) is 0 Å². The van der Waals surface area contributed by atoms with E-state index in [0.29, 0.717) is 11.6 Å². The first kappa shape index (κ1) is 12.8. The Morgan fingerprint density at radius 1 is 1.24 bits per heavy atom. The molecule has 1 aromatic carbocycles. The molecule has 3 heteroatoms. The molecule has 0 heterocycles. The molecule has 2 rings (SSSR count). The number of hydrogen-bond donors (Lipinski definition) is 1. The molecule has 0 aromatic heterocycles. The van der Waals surface area contributed by atoms with Crippen molar-refractivity contribution in [1.82, 2.24) is 0 Å². The highest BCUT2D eigenvalue weighted by molar-refractivity contribution is 6.31. The predicted molar refractivity (Wildman–Crippen MR) is 69.7 cm³/mol. The maximum atomic E-state index is 13.0. The Morgan fingerprint density at radius 2 is 1.94 bits per heavy atom. The molecule has 1 aromatic rings. The molecule has 0 atom stereocenters. The zero-order valence-corrected chi connectivity index (χ0v) is 10.8. The van der Waals surface area contributed by atoms with Crippen LogP contribution in [-0.4, -0.2) is 6.54 Å². The van der Waals surface area contributed by atoms with E-state index >= 15 is 0 Å². The van der Waals surface area contributed by atoms with Crippen LogP contribution in [0.5, 0.6) is 0 Å². The highest BCUT2D eigenvalue weighted by Gasteiger charge is 2.31. The van der Waals surface area contributed by atoms with Gasteiger partial charge >= 0.3 is 0 Å². The van der Waals surface area contributed by atoms with Crippen molar-refractivity contribution in [1.29, 1.82) is 0 Å². The van der Waals surface area contributed by atoms with Crippen LogP contribution >= 0.6 is 11.6 Å². The van der Waals surface area contributed by atoms with Crippen molar-refractivity contribution in [3.63, 3.8) is 0 Å². The third-order valence-corrected chi connectivity index (χ3v) is 4.28. The van der Waals surface area contributed by atoms with E-state index < -0.39 is 0 Å². The molecule has 1 nitrogen and oxygen atoms in total. The SMILES string of the molecule is NCC1(Cc2ccc(F)cc2Cl)CCCCC1. The minimum absolute atomic E-state index is 0.180. The lowest BCUT2D eigenvalue weighted by molar-refractivity contribution is 0.197.